The van der Waals surface area contributed by atoms with Gasteiger partial charge in [-0.15, -0.1) is 0 Å². The highest BCUT2D eigenvalue weighted by Crippen LogP contribution is 2.13. The van der Waals surface area contributed by atoms with Crippen LogP contribution in [0.3, 0.4) is 0 Å². The molecule has 0 amide bonds. The van der Waals surface area contributed by atoms with E-state index in [9.17, 15) is 0 Å². The third-order valence-corrected chi connectivity index (χ3v) is 4.46. The first kappa shape index (κ1) is 23.7. The number of unbranched alkanes of at least 4 members (excludes halogenated alkanes) is 2. The number of amidine groups is 1. The van der Waals surface area contributed by atoms with Gasteiger partial charge in [0.25, 0.3) is 0 Å². The molecular weight excluding hydrogens is 392 g/mol. The molecule has 0 fully saturated rings. The van der Waals surface area contributed by atoms with Gasteiger partial charge in [0.2, 0.25) is 0 Å². The highest BCUT2D eigenvalue weighted by Gasteiger charge is 1.99. The second kappa shape index (κ2) is 13.6. The van der Waals surface area contributed by atoms with E-state index in [1.54, 1.807) is 12.1 Å². The first-order chi connectivity index (χ1) is 15.1. The summed E-state index contributed by atoms with van der Waals surface area (Å²) in [7, 11) is 0. The smallest absolute Gasteiger partial charge is 0.188 e. The zero-order valence-electron chi connectivity index (χ0n) is 17.8. The summed E-state index contributed by atoms with van der Waals surface area (Å²) in [6.45, 7) is 2.65. The van der Waals surface area contributed by atoms with Crippen LogP contribution in [0.15, 0.2) is 53.5 Å². The second-order valence-corrected chi connectivity index (χ2v) is 6.96. The van der Waals surface area contributed by atoms with Crippen molar-refractivity contribution in [3.05, 3.63) is 59.7 Å². The fraction of sp³-hybridized carbons (Fsp3) is 0.348. The Hall–Kier alpha value is -3.55. The molecule has 8 heteroatoms. The summed E-state index contributed by atoms with van der Waals surface area (Å²) in [5, 5.41) is 17.7. The number of hydrogen-bond acceptors (Lipinski definition) is 5. The molecule has 0 saturated carbocycles. The Labute approximate surface area is 183 Å². The Balaban J connectivity index is 1.46. The van der Waals surface area contributed by atoms with Gasteiger partial charge >= 0.3 is 0 Å². The van der Waals surface area contributed by atoms with Gasteiger partial charge in [-0.2, -0.15) is 0 Å². The normalized spacial score (nSPS) is 11.0. The third kappa shape index (κ3) is 9.66. The predicted octanol–water partition coefficient (Wildman–Crippen LogP) is 2.89. The van der Waals surface area contributed by atoms with E-state index in [1.165, 1.54) is 6.21 Å². The van der Waals surface area contributed by atoms with E-state index in [0.29, 0.717) is 31.3 Å². The highest BCUT2D eigenvalue weighted by molar-refractivity contribution is 5.94. The maximum absolute atomic E-state index is 7.37. The Morgan fingerprint density at radius 3 is 2.03 bits per heavy atom. The molecule has 7 N–H and O–H groups in total. The van der Waals surface area contributed by atoms with E-state index in [-0.39, 0.29) is 5.84 Å². The van der Waals surface area contributed by atoms with Crippen molar-refractivity contribution in [2.45, 2.75) is 25.7 Å². The molecule has 0 aliphatic carbocycles. The van der Waals surface area contributed by atoms with Gasteiger partial charge in [0.05, 0.1) is 13.2 Å². The summed E-state index contributed by atoms with van der Waals surface area (Å²) in [6.07, 6.45) is 4.93. The molecule has 8 nitrogen and oxygen atoms in total. The summed E-state index contributed by atoms with van der Waals surface area (Å²) >= 11 is 0. The van der Waals surface area contributed by atoms with Gasteiger partial charge in [-0.1, -0.05) is 0 Å². The minimum Gasteiger partial charge on any atom is -0.494 e. The molecule has 31 heavy (non-hydrogen) atoms. The monoisotopic (exact) mass is 424 g/mol. The van der Waals surface area contributed by atoms with Gasteiger partial charge in [-0.25, -0.2) is 0 Å². The van der Waals surface area contributed by atoms with Crippen LogP contribution in [-0.2, 0) is 0 Å². The van der Waals surface area contributed by atoms with Crippen LogP contribution in [-0.4, -0.2) is 44.3 Å². The van der Waals surface area contributed by atoms with E-state index in [1.807, 2.05) is 36.4 Å². The molecule has 2 rings (SSSR count). The van der Waals surface area contributed by atoms with Crippen molar-refractivity contribution in [2.24, 2.45) is 16.5 Å². The Bertz CT molecular complexity index is 834. The largest absolute Gasteiger partial charge is 0.494 e. The van der Waals surface area contributed by atoms with Crippen LogP contribution in [0.2, 0.25) is 0 Å². The molecule has 0 heterocycles. The molecule has 166 valence electrons. The number of nitrogens with one attached hydrogen (secondary N) is 3. The summed E-state index contributed by atoms with van der Waals surface area (Å²) in [5.41, 5.74) is 12.9. The zero-order chi connectivity index (χ0) is 22.3. The number of benzene rings is 2. The van der Waals surface area contributed by atoms with Gasteiger partial charge < -0.3 is 31.7 Å². The van der Waals surface area contributed by atoms with Gasteiger partial charge in [0, 0.05) is 24.9 Å². The van der Waals surface area contributed by atoms with Crippen molar-refractivity contribution in [3.8, 4) is 11.5 Å². The van der Waals surface area contributed by atoms with Crippen molar-refractivity contribution in [1.29, 1.82) is 10.8 Å². The van der Waals surface area contributed by atoms with Crippen LogP contribution >= 0.6 is 0 Å². The lowest BCUT2D eigenvalue weighted by molar-refractivity contribution is 0.307. The number of nitrogens with two attached hydrogens (primary N) is 2. The minimum absolute atomic E-state index is 0.0509. The number of hydrogen-bond donors (Lipinski definition) is 5. The van der Waals surface area contributed by atoms with Crippen molar-refractivity contribution in [1.82, 2.24) is 5.32 Å². The van der Waals surface area contributed by atoms with E-state index < -0.39 is 0 Å². The van der Waals surface area contributed by atoms with Crippen molar-refractivity contribution < 1.29 is 9.47 Å². The molecule has 0 aliphatic heterocycles. The Morgan fingerprint density at radius 2 is 1.45 bits per heavy atom. The van der Waals surface area contributed by atoms with E-state index in [0.717, 1.165) is 49.3 Å². The molecule has 0 saturated heterocycles. The van der Waals surface area contributed by atoms with Crippen molar-refractivity contribution >= 4 is 18.0 Å². The Morgan fingerprint density at radius 1 is 0.871 bits per heavy atom. The van der Waals surface area contributed by atoms with E-state index >= 15 is 0 Å². The molecule has 2 aromatic rings. The predicted molar refractivity (Wildman–Crippen MR) is 126 cm³/mol. The highest BCUT2D eigenvalue weighted by atomic mass is 16.5. The fourth-order valence-corrected chi connectivity index (χ4v) is 2.68. The average molecular weight is 425 g/mol. The fourth-order valence-electron chi connectivity index (χ4n) is 2.68. The maximum Gasteiger partial charge on any atom is 0.188 e. The number of rotatable bonds is 14. The molecule has 0 spiro atoms. The quantitative estimate of drug-likeness (QED) is 0.180. The summed E-state index contributed by atoms with van der Waals surface area (Å²) < 4.78 is 11.3. The number of nitrogen functional groups attached to an aromatic ring is 1. The molecule has 0 bridgehead atoms. The lowest BCUT2D eigenvalue weighted by Crippen LogP contribution is -2.32. The molecule has 0 aromatic heterocycles. The molecule has 0 unspecified atom stereocenters. The van der Waals surface area contributed by atoms with E-state index in [2.05, 4.69) is 10.3 Å². The zero-order valence-corrected chi connectivity index (χ0v) is 17.8. The SMILES string of the molecule is N=Cc1ccc(OCCCCNC(N)=NCCCCOc2ccc(C(=N)N)cc2)cc1. The van der Waals surface area contributed by atoms with Crippen LogP contribution < -0.4 is 26.3 Å². The molecular formula is C23H32N6O2. The lowest BCUT2D eigenvalue weighted by atomic mass is 10.2. The van der Waals surface area contributed by atoms with Crippen LogP contribution in [0, 0.1) is 10.8 Å². The molecule has 0 atom stereocenters. The molecule has 2 aromatic carbocycles. The van der Waals surface area contributed by atoms with Gasteiger partial charge in [-0.05, 0) is 79.8 Å². The van der Waals surface area contributed by atoms with Crippen molar-refractivity contribution in [3.63, 3.8) is 0 Å². The van der Waals surface area contributed by atoms with Gasteiger partial charge in [-0.3, -0.25) is 10.4 Å². The van der Waals surface area contributed by atoms with Gasteiger partial charge in [0.15, 0.2) is 5.96 Å². The minimum atomic E-state index is 0.0509. The van der Waals surface area contributed by atoms with Crippen LogP contribution in [0.25, 0.3) is 0 Å². The third-order valence-electron chi connectivity index (χ3n) is 4.46. The standard InChI is InChI=1S/C23H32N6O2/c24-17-18-5-9-20(10-6-18)30-15-3-1-13-28-23(27)29-14-2-4-16-31-21-11-7-19(8-12-21)22(25)26/h5-12,17,24H,1-4,13-16H2,(H3,25,26)(H3,27,28,29). The van der Waals surface area contributed by atoms with E-state index in [4.69, 9.17) is 31.8 Å². The second-order valence-electron chi connectivity index (χ2n) is 6.96. The first-order valence-corrected chi connectivity index (χ1v) is 10.4. The number of guanidine groups is 1. The van der Waals surface area contributed by atoms with Crippen LogP contribution in [0.1, 0.15) is 36.8 Å². The first-order valence-electron chi connectivity index (χ1n) is 10.4. The van der Waals surface area contributed by atoms with Gasteiger partial charge in [0.1, 0.15) is 17.3 Å². The lowest BCUT2D eigenvalue weighted by Gasteiger charge is -2.08. The topological polar surface area (TPSA) is 143 Å². The number of aliphatic imine (C=N–C) groups is 1. The summed E-state index contributed by atoms with van der Waals surface area (Å²) in [4.78, 5) is 4.32. The van der Waals surface area contributed by atoms with Crippen LogP contribution in [0.4, 0.5) is 0 Å². The Kier molecular flexibility index (Phi) is 10.4. The number of ether oxygens (including phenoxy) is 2. The molecule has 0 radical (unpaired) electrons. The molecule has 0 aliphatic rings. The summed E-state index contributed by atoms with van der Waals surface area (Å²) in [6, 6.07) is 14.6. The van der Waals surface area contributed by atoms with Crippen LogP contribution in [0.5, 0.6) is 11.5 Å². The average Bonchev–Trinajstić information content (AvgIpc) is 2.79. The number of nitrogens with zero attached hydrogens (tertiary/aromatic N) is 1. The summed E-state index contributed by atoms with van der Waals surface area (Å²) in [5.74, 6) is 2.09. The van der Waals surface area contributed by atoms with Crippen molar-refractivity contribution in [2.75, 3.05) is 26.3 Å². The maximum atomic E-state index is 7.37.